The molecule has 2 heterocycles. The number of ether oxygens (including phenoxy) is 1. The first kappa shape index (κ1) is 19.3. The average molecular weight is 403 g/mol. The number of carbonyl (C=O) groups is 1. The minimum atomic E-state index is -0.191. The summed E-state index contributed by atoms with van der Waals surface area (Å²) in [5, 5.41) is 3.25. The van der Waals surface area contributed by atoms with Gasteiger partial charge < -0.3 is 20.6 Å². The van der Waals surface area contributed by atoms with Gasteiger partial charge in [0.1, 0.15) is 24.5 Å². The van der Waals surface area contributed by atoms with Crippen LogP contribution in [0.1, 0.15) is 12.5 Å². The van der Waals surface area contributed by atoms with E-state index in [4.69, 9.17) is 15.3 Å². The van der Waals surface area contributed by atoms with Gasteiger partial charge in [0.2, 0.25) is 5.91 Å². The molecule has 0 aliphatic rings. The molecule has 0 unspecified atom stereocenters. The van der Waals surface area contributed by atoms with E-state index in [2.05, 4.69) is 15.3 Å². The Kier molecular flexibility index (Phi) is 5.47. The normalized spacial score (nSPS) is 10.7. The van der Waals surface area contributed by atoms with E-state index >= 15 is 0 Å². The number of anilines is 1. The van der Waals surface area contributed by atoms with Crippen molar-refractivity contribution in [2.75, 3.05) is 12.5 Å². The largest absolute Gasteiger partial charge is 0.489 e. The van der Waals surface area contributed by atoms with E-state index in [0.717, 1.165) is 22.4 Å². The fourth-order valence-corrected chi connectivity index (χ4v) is 3.07. The topological polar surface area (TPSA) is 104 Å². The first-order valence-electron chi connectivity index (χ1n) is 9.38. The number of nitrogens with two attached hydrogens (primary N) is 1. The zero-order chi connectivity index (χ0) is 20.9. The van der Waals surface area contributed by atoms with Crippen LogP contribution < -0.4 is 20.6 Å². The second-order valence-corrected chi connectivity index (χ2v) is 6.63. The lowest BCUT2D eigenvalue weighted by molar-refractivity contribution is -0.120. The Bertz CT molecular complexity index is 1170. The van der Waals surface area contributed by atoms with Gasteiger partial charge in [-0.15, -0.1) is 0 Å². The molecule has 2 aromatic carbocycles. The number of nitrogens with zero attached hydrogens (tertiary/aromatic N) is 3. The monoisotopic (exact) mass is 403 g/mol. The fraction of sp³-hybridized carbons (Fsp3) is 0.136. The molecule has 30 heavy (non-hydrogen) atoms. The minimum Gasteiger partial charge on any atom is -0.489 e. The van der Waals surface area contributed by atoms with Gasteiger partial charge in [-0.25, -0.2) is 9.97 Å². The predicted octanol–water partition coefficient (Wildman–Crippen LogP) is 2.78. The van der Waals surface area contributed by atoms with Gasteiger partial charge >= 0.3 is 0 Å². The number of aromatic nitrogens is 3. The van der Waals surface area contributed by atoms with E-state index in [0.29, 0.717) is 23.5 Å². The molecule has 0 aliphatic heterocycles. The van der Waals surface area contributed by atoms with Crippen molar-refractivity contribution in [1.29, 1.82) is 0 Å². The summed E-state index contributed by atoms with van der Waals surface area (Å²) in [7, 11) is 0. The van der Waals surface area contributed by atoms with Crippen LogP contribution in [0.4, 0.5) is 5.82 Å². The average Bonchev–Trinajstić information content (AvgIpc) is 3.13. The summed E-state index contributed by atoms with van der Waals surface area (Å²) in [5.41, 5.74) is 9.42. The molecule has 2 aromatic heterocycles. The van der Waals surface area contributed by atoms with Crippen molar-refractivity contribution >= 4 is 22.8 Å². The van der Waals surface area contributed by atoms with E-state index in [1.165, 1.54) is 18.0 Å². The molecule has 0 saturated heterocycles. The molecule has 0 atom stereocenters. The van der Waals surface area contributed by atoms with Crippen LogP contribution in [-0.4, -0.2) is 27.3 Å². The molecular formula is C22H21N5O3. The summed E-state index contributed by atoms with van der Waals surface area (Å²) >= 11 is 0. The maximum Gasteiger partial charge on any atom is 0.219 e. The van der Waals surface area contributed by atoms with E-state index < -0.39 is 0 Å². The molecular weight excluding hydrogens is 382 g/mol. The summed E-state index contributed by atoms with van der Waals surface area (Å²) in [5.74, 6) is 0.878. The van der Waals surface area contributed by atoms with Gasteiger partial charge in [0.15, 0.2) is 12.4 Å². The molecule has 3 N–H and O–H groups in total. The van der Waals surface area contributed by atoms with E-state index in [-0.39, 0.29) is 12.6 Å². The van der Waals surface area contributed by atoms with Crippen LogP contribution in [-0.2, 0) is 11.4 Å². The standard InChI is InChI=1S/C22H21N5O3/c1-15(28)26-14-30-27-11-19(20-21(23)24-13-25-22(20)27)17-8-5-9-18(10-17)29-12-16-6-3-2-4-7-16/h2-11,13H,12,14H2,1H3,(H,26,28)(H2,23,24,25). The number of benzene rings is 2. The molecule has 0 bridgehead atoms. The Morgan fingerprint density at radius 2 is 1.97 bits per heavy atom. The fourth-order valence-electron chi connectivity index (χ4n) is 3.07. The SMILES string of the molecule is CC(=O)NCOn1cc(-c2cccc(OCc3ccccc3)c2)c2c(N)ncnc21. The Balaban J connectivity index is 1.64. The summed E-state index contributed by atoms with van der Waals surface area (Å²) in [6.07, 6.45) is 3.15. The van der Waals surface area contributed by atoms with E-state index in [1.807, 2.05) is 54.6 Å². The lowest BCUT2D eigenvalue weighted by Crippen LogP contribution is -2.29. The Hall–Kier alpha value is -4.07. The number of carbonyl (C=O) groups excluding carboxylic acids is 1. The van der Waals surface area contributed by atoms with E-state index in [9.17, 15) is 4.79 Å². The molecule has 152 valence electrons. The lowest BCUT2D eigenvalue weighted by Gasteiger charge is -2.08. The molecule has 8 nitrogen and oxygen atoms in total. The quantitative estimate of drug-likeness (QED) is 0.460. The molecule has 0 spiro atoms. The first-order valence-corrected chi connectivity index (χ1v) is 9.38. The maximum atomic E-state index is 11.1. The Morgan fingerprint density at radius 1 is 1.13 bits per heavy atom. The van der Waals surface area contributed by atoms with Gasteiger partial charge in [-0.2, -0.15) is 4.73 Å². The molecule has 4 aromatic rings. The number of amides is 1. The third kappa shape index (κ3) is 4.17. The predicted molar refractivity (Wildman–Crippen MR) is 113 cm³/mol. The van der Waals surface area contributed by atoms with Gasteiger partial charge in [0, 0.05) is 12.5 Å². The third-order valence-electron chi connectivity index (χ3n) is 4.50. The molecule has 0 radical (unpaired) electrons. The van der Waals surface area contributed by atoms with Crippen molar-refractivity contribution in [3.05, 3.63) is 72.7 Å². The van der Waals surface area contributed by atoms with Gasteiger partial charge in [0.05, 0.1) is 11.6 Å². The van der Waals surface area contributed by atoms with Crippen molar-refractivity contribution in [1.82, 2.24) is 20.0 Å². The molecule has 0 aliphatic carbocycles. The molecule has 0 fully saturated rings. The Morgan fingerprint density at radius 3 is 2.77 bits per heavy atom. The summed E-state index contributed by atoms with van der Waals surface area (Å²) in [6.45, 7) is 1.89. The third-order valence-corrected chi connectivity index (χ3v) is 4.50. The molecule has 0 saturated carbocycles. The Labute approximate surface area is 173 Å². The highest BCUT2D eigenvalue weighted by atomic mass is 16.7. The van der Waals surface area contributed by atoms with Crippen LogP contribution in [0.5, 0.6) is 5.75 Å². The van der Waals surface area contributed by atoms with Crippen molar-refractivity contribution < 1.29 is 14.4 Å². The first-order chi connectivity index (χ1) is 14.6. The zero-order valence-electron chi connectivity index (χ0n) is 16.4. The van der Waals surface area contributed by atoms with Crippen LogP contribution in [0.15, 0.2) is 67.1 Å². The lowest BCUT2D eigenvalue weighted by atomic mass is 10.1. The van der Waals surface area contributed by atoms with Crippen LogP contribution in [0.25, 0.3) is 22.2 Å². The van der Waals surface area contributed by atoms with Crippen molar-refractivity contribution in [2.45, 2.75) is 13.5 Å². The summed E-state index contributed by atoms with van der Waals surface area (Å²) in [4.78, 5) is 25.1. The summed E-state index contributed by atoms with van der Waals surface area (Å²) < 4.78 is 7.43. The zero-order valence-corrected chi connectivity index (χ0v) is 16.4. The number of hydrogen-bond acceptors (Lipinski definition) is 6. The number of nitrogen functional groups attached to an aromatic ring is 1. The second kappa shape index (κ2) is 8.52. The number of hydrogen-bond donors (Lipinski definition) is 2. The van der Waals surface area contributed by atoms with Gasteiger partial charge in [0.25, 0.3) is 0 Å². The van der Waals surface area contributed by atoms with Gasteiger partial charge in [-0.05, 0) is 23.3 Å². The van der Waals surface area contributed by atoms with Crippen LogP contribution in [0.3, 0.4) is 0 Å². The van der Waals surface area contributed by atoms with Crippen molar-refractivity contribution in [3.8, 4) is 16.9 Å². The highest BCUT2D eigenvalue weighted by Crippen LogP contribution is 2.33. The van der Waals surface area contributed by atoms with Crippen molar-refractivity contribution in [2.24, 2.45) is 0 Å². The number of nitrogens with one attached hydrogen (secondary N) is 1. The molecule has 4 rings (SSSR count). The van der Waals surface area contributed by atoms with E-state index in [1.54, 1.807) is 6.20 Å². The summed E-state index contributed by atoms with van der Waals surface area (Å²) in [6, 6.07) is 17.7. The second-order valence-electron chi connectivity index (χ2n) is 6.63. The number of fused-ring (bicyclic) bond motifs is 1. The highest BCUT2D eigenvalue weighted by molar-refractivity contribution is 6.00. The van der Waals surface area contributed by atoms with Crippen LogP contribution in [0.2, 0.25) is 0 Å². The van der Waals surface area contributed by atoms with Gasteiger partial charge in [-0.3, -0.25) is 4.79 Å². The van der Waals surface area contributed by atoms with Crippen molar-refractivity contribution in [3.63, 3.8) is 0 Å². The number of rotatable bonds is 7. The minimum absolute atomic E-state index is 0.00267. The smallest absolute Gasteiger partial charge is 0.219 e. The molecule has 8 heteroatoms. The van der Waals surface area contributed by atoms with Gasteiger partial charge in [-0.1, -0.05) is 42.5 Å². The van der Waals surface area contributed by atoms with Crippen LogP contribution in [0, 0.1) is 0 Å². The highest BCUT2D eigenvalue weighted by Gasteiger charge is 2.16. The van der Waals surface area contributed by atoms with Crippen LogP contribution >= 0.6 is 0 Å². The molecule has 1 amide bonds. The maximum absolute atomic E-state index is 11.1.